The van der Waals surface area contributed by atoms with E-state index >= 15 is 0 Å². The fourth-order valence-corrected chi connectivity index (χ4v) is 4.24. The van der Waals surface area contributed by atoms with Crippen molar-refractivity contribution in [3.63, 3.8) is 0 Å². The second-order valence-corrected chi connectivity index (χ2v) is 7.23. The minimum Gasteiger partial charge on any atom is -0.480 e. The number of rotatable bonds is 5. The topological polar surface area (TPSA) is 95.9 Å². The largest absolute Gasteiger partial charge is 0.480 e. The molecule has 3 atom stereocenters. The molecule has 2 amide bonds. The van der Waals surface area contributed by atoms with Crippen LogP contribution in [0, 0.1) is 11.7 Å². The van der Waals surface area contributed by atoms with E-state index < -0.39 is 41.8 Å². The molecule has 1 saturated heterocycles. The van der Waals surface area contributed by atoms with Gasteiger partial charge in [0.2, 0.25) is 0 Å². The van der Waals surface area contributed by atoms with Gasteiger partial charge in [-0.3, -0.25) is 4.79 Å². The number of anilines is 1. The number of carboxylic acids is 1. The van der Waals surface area contributed by atoms with Gasteiger partial charge in [-0.05, 0) is 49.1 Å². The number of carboxylic acid groups (broad SMARTS) is 1. The van der Waals surface area contributed by atoms with Crippen LogP contribution in [0.2, 0.25) is 0 Å². The van der Waals surface area contributed by atoms with E-state index in [0.29, 0.717) is 10.6 Å². The van der Waals surface area contributed by atoms with E-state index in [0.717, 1.165) is 0 Å². The van der Waals surface area contributed by atoms with Crippen molar-refractivity contribution in [2.45, 2.75) is 25.4 Å². The Morgan fingerprint density at radius 2 is 2.00 bits per heavy atom. The number of nitrogens with zero attached hydrogens (tertiary/aromatic N) is 1. The molecule has 1 aromatic heterocycles. The summed E-state index contributed by atoms with van der Waals surface area (Å²) in [6.45, 7) is 1.83. The van der Waals surface area contributed by atoms with Crippen molar-refractivity contribution in [2.24, 2.45) is 5.92 Å². The summed E-state index contributed by atoms with van der Waals surface area (Å²) in [6, 6.07) is 6.02. The first-order chi connectivity index (χ1) is 13.4. The van der Waals surface area contributed by atoms with Gasteiger partial charge in [-0.1, -0.05) is 6.07 Å². The molecule has 7 nitrogen and oxygen atoms in total. The molecule has 2 heterocycles. The number of hydrogen-bond donors (Lipinski definition) is 2. The number of amides is 2. The summed E-state index contributed by atoms with van der Waals surface area (Å²) >= 11 is 1.33. The molecule has 1 aliphatic heterocycles. The molecule has 0 spiro atoms. The highest BCUT2D eigenvalue weighted by molar-refractivity contribution is 7.10. The van der Waals surface area contributed by atoms with Gasteiger partial charge in [-0.2, -0.15) is 0 Å². The van der Waals surface area contributed by atoms with Gasteiger partial charge in [0.25, 0.3) is 0 Å². The third-order valence-corrected chi connectivity index (χ3v) is 5.48. The molecule has 1 aromatic carbocycles. The maximum atomic E-state index is 13.1. The van der Waals surface area contributed by atoms with E-state index in [1.807, 2.05) is 0 Å². The highest BCUT2D eigenvalue weighted by atomic mass is 32.1. The molecule has 0 aliphatic carbocycles. The van der Waals surface area contributed by atoms with E-state index in [4.69, 9.17) is 4.74 Å². The zero-order chi connectivity index (χ0) is 20.3. The summed E-state index contributed by atoms with van der Waals surface area (Å²) in [5, 5.41) is 14.0. The van der Waals surface area contributed by atoms with Gasteiger partial charge in [0.15, 0.2) is 0 Å². The van der Waals surface area contributed by atoms with Gasteiger partial charge in [-0.25, -0.2) is 14.0 Å². The van der Waals surface area contributed by atoms with Crippen LogP contribution in [0.4, 0.5) is 14.9 Å². The third-order valence-electron chi connectivity index (χ3n) is 4.53. The summed E-state index contributed by atoms with van der Waals surface area (Å²) in [5.41, 5.74) is 0.319. The average Bonchev–Trinajstić information content (AvgIpc) is 3.31. The van der Waals surface area contributed by atoms with Crippen molar-refractivity contribution < 1.29 is 28.6 Å². The summed E-state index contributed by atoms with van der Waals surface area (Å²) in [7, 11) is 0. The summed E-state index contributed by atoms with van der Waals surface area (Å²) in [4.78, 5) is 39.1. The van der Waals surface area contributed by atoms with Crippen LogP contribution in [0.3, 0.4) is 0 Å². The van der Waals surface area contributed by atoms with Crippen molar-refractivity contribution >= 4 is 35.0 Å². The lowest BCUT2D eigenvalue weighted by Gasteiger charge is -2.29. The standard InChI is InChI=1S/C19H19FN2O5S/c1-2-27-18(25)13-10-14(17(23)24)22(16(13)15-4-3-9-28-15)19(26)21-12-7-5-11(20)6-8-12/h3-9,13-14,16H,2,10H2,1H3,(H,21,26)(H,23,24). The van der Waals surface area contributed by atoms with E-state index in [-0.39, 0.29) is 13.0 Å². The summed E-state index contributed by atoms with van der Waals surface area (Å²) in [5.74, 6) is -2.99. The van der Waals surface area contributed by atoms with Crippen LogP contribution >= 0.6 is 11.3 Å². The lowest BCUT2D eigenvalue weighted by Crippen LogP contribution is -2.44. The normalized spacial score (nSPS) is 21.4. The lowest BCUT2D eigenvalue weighted by atomic mass is 9.98. The Morgan fingerprint density at radius 3 is 2.57 bits per heavy atom. The highest BCUT2D eigenvalue weighted by Crippen LogP contribution is 2.43. The number of benzene rings is 1. The number of aliphatic carboxylic acids is 1. The van der Waals surface area contributed by atoms with Crippen molar-refractivity contribution in [1.29, 1.82) is 0 Å². The van der Waals surface area contributed by atoms with Crippen LogP contribution in [0.15, 0.2) is 41.8 Å². The van der Waals surface area contributed by atoms with Crippen LogP contribution in [0.25, 0.3) is 0 Å². The molecule has 3 rings (SSSR count). The average molecular weight is 406 g/mol. The number of ether oxygens (including phenoxy) is 1. The van der Waals surface area contributed by atoms with Gasteiger partial charge in [0, 0.05) is 10.6 Å². The first kappa shape index (κ1) is 19.8. The molecule has 2 aromatic rings. The third kappa shape index (κ3) is 3.99. The molecule has 1 fully saturated rings. The fourth-order valence-electron chi connectivity index (χ4n) is 3.35. The zero-order valence-electron chi connectivity index (χ0n) is 15.0. The summed E-state index contributed by atoms with van der Waals surface area (Å²) in [6.07, 6.45) is -0.0480. The molecular weight excluding hydrogens is 387 g/mol. The van der Waals surface area contributed by atoms with Crippen LogP contribution in [0.5, 0.6) is 0 Å². The number of hydrogen-bond acceptors (Lipinski definition) is 5. The van der Waals surface area contributed by atoms with Crippen molar-refractivity contribution in [1.82, 2.24) is 4.90 Å². The Hall–Kier alpha value is -2.94. The lowest BCUT2D eigenvalue weighted by molar-refractivity contribution is -0.148. The van der Waals surface area contributed by atoms with Crippen molar-refractivity contribution in [2.75, 3.05) is 11.9 Å². The molecule has 9 heteroatoms. The minimum atomic E-state index is -1.21. The number of thiophene rings is 1. The maximum Gasteiger partial charge on any atom is 0.326 e. The predicted molar refractivity (Wildman–Crippen MR) is 100 cm³/mol. The monoisotopic (exact) mass is 406 g/mol. The predicted octanol–water partition coefficient (Wildman–Crippen LogP) is 3.50. The van der Waals surface area contributed by atoms with E-state index in [1.165, 1.54) is 40.5 Å². The Labute approximate surface area is 164 Å². The number of nitrogens with one attached hydrogen (secondary N) is 1. The van der Waals surface area contributed by atoms with E-state index in [1.54, 1.807) is 24.4 Å². The number of halogens is 1. The van der Waals surface area contributed by atoms with Crippen molar-refractivity contribution in [3.05, 3.63) is 52.5 Å². The number of esters is 1. The maximum absolute atomic E-state index is 13.1. The van der Waals surface area contributed by atoms with E-state index in [9.17, 15) is 23.9 Å². The number of carbonyl (C=O) groups excluding carboxylic acids is 2. The Bertz CT molecular complexity index is 856. The molecule has 3 unspecified atom stereocenters. The van der Waals surface area contributed by atoms with Crippen LogP contribution in [-0.2, 0) is 14.3 Å². The number of likely N-dealkylation sites (tertiary alicyclic amines) is 1. The molecule has 148 valence electrons. The van der Waals surface area contributed by atoms with Gasteiger partial charge in [-0.15, -0.1) is 11.3 Å². The number of carbonyl (C=O) groups is 3. The Morgan fingerprint density at radius 1 is 1.29 bits per heavy atom. The molecular formula is C19H19FN2O5S. The van der Waals surface area contributed by atoms with Gasteiger partial charge in [0.1, 0.15) is 11.9 Å². The highest BCUT2D eigenvalue weighted by Gasteiger charge is 2.51. The summed E-state index contributed by atoms with van der Waals surface area (Å²) < 4.78 is 18.2. The quantitative estimate of drug-likeness (QED) is 0.741. The first-order valence-corrected chi connectivity index (χ1v) is 9.58. The molecule has 0 saturated carbocycles. The number of urea groups is 1. The molecule has 1 aliphatic rings. The van der Waals surface area contributed by atoms with Gasteiger partial charge < -0.3 is 20.1 Å². The SMILES string of the molecule is CCOC(=O)C1CC(C(=O)O)N(C(=O)Nc2ccc(F)cc2)C1c1cccs1. The van der Waals surface area contributed by atoms with E-state index in [2.05, 4.69) is 5.32 Å². The van der Waals surface area contributed by atoms with Crippen LogP contribution in [0.1, 0.15) is 24.3 Å². The van der Waals surface area contributed by atoms with Gasteiger partial charge >= 0.3 is 18.0 Å². The smallest absolute Gasteiger partial charge is 0.326 e. The molecule has 0 radical (unpaired) electrons. The fraction of sp³-hybridized carbons (Fsp3) is 0.316. The van der Waals surface area contributed by atoms with Gasteiger partial charge in [0.05, 0.1) is 18.6 Å². The van der Waals surface area contributed by atoms with Crippen LogP contribution in [-0.4, -0.2) is 40.6 Å². The first-order valence-electron chi connectivity index (χ1n) is 8.70. The van der Waals surface area contributed by atoms with Crippen LogP contribution < -0.4 is 5.32 Å². The second kappa shape index (κ2) is 8.39. The molecule has 28 heavy (non-hydrogen) atoms. The Balaban J connectivity index is 1.95. The molecule has 2 N–H and O–H groups in total. The zero-order valence-corrected chi connectivity index (χ0v) is 15.8. The molecule has 0 bridgehead atoms. The van der Waals surface area contributed by atoms with Crippen molar-refractivity contribution in [3.8, 4) is 0 Å². The minimum absolute atomic E-state index is 0.0480. The second-order valence-electron chi connectivity index (χ2n) is 6.25. The Kier molecular flexibility index (Phi) is 5.93.